The summed E-state index contributed by atoms with van der Waals surface area (Å²) in [5.41, 5.74) is 1.12. The third-order valence-corrected chi connectivity index (χ3v) is 3.77. The molecule has 0 aromatic heterocycles. The van der Waals surface area contributed by atoms with E-state index in [1.807, 2.05) is 18.2 Å². The Bertz CT molecular complexity index is 325. The zero-order chi connectivity index (χ0) is 10.7. The Labute approximate surface area is 109 Å². The molecule has 82 valence electrons. The number of hydrogen-bond acceptors (Lipinski definition) is 1. The predicted molar refractivity (Wildman–Crippen MR) is 71.8 cm³/mol. The number of benzene rings is 1. The molecule has 1 aromatic carbocycles. The van der Waals surface area contributed by atoms with E-state index in [0.717, 1.165) is 27.5 Å². The second-order valence-corrected chi connectivity index (χ2v) is 5.23. The maximum Gasteiger partial charge on any atom is 0.0928 e. The van der Waals surface area contributed by atoms with Crippen LogP contribution in [0.3, 0.4) is 0 Å². The smallest absolute Gasteiger partial charge is 0.0928 e. The summed E-state index contributed by atoms with van der Waals surface area (Å²) in [6.45, 7) is 0.888. The molecule has 1 saturated carbocycles. The Balaban J connectivity index is 2.00. The average molecular weight is 337 g/mol. The van der Waals surface area contributed by atoms with Gasteiger partial charge >= 0.3 is 0 Å². The molecule has 0 saturated heterocycles. The van der Waals surface area contributed by atoms with E-state index in [9.17, 15) is 0 Å². The first-order valence-electron chi connectivity index (χ1n) is 5.23. The fourth-order valence-electron chi connectivity index (χ4n) is 1.49. The van der Waals surface area contributed by atoms with Crippen molar-refractivity contribution in [1.82, 2.24) is 0 Å². The van der Waals surface area contributed by atoms with E-state index in [1.54, 1.807) is 0 Å². The lowest BCUT2D eigenvalue weighted by Gasteiger charge is -2.16. The van der Waals surface area contributed by atoms with Crippen LogP contribution < -0.4 is 0 Å². The van der Waals surface area contributed by atoms with Gasteiger partial charge in [0.25, 0.3) is 0 Å². The molecule has 1 atom stereocenters. The molecular formula is C12H14ClIO. The summed E-state index contributed by atoms with van der Waals surface area (Å²) in [5.74, 6) is 0.804. The normalized spacial score (nSPS) is 17.7. The first-order chi connectivity index (χ1) is 7.31. The molecule has 0 radical (unpaired) electrons. The van der Waals surface area contributed by atoms with Crippen LogP contribution in [0.5, 0.6) is 0 Å². The lowest BCUT2D eigenvalue weighted by molar-refractivity contribution is 0.0630. The fraction of sp³-hybridized carbons (Fsp3) is 0.500. The van der Waals surface area contributed by atoms with Crippen molar-refractivity contribution in [2.24, 2.45) is 5.92 Å². The minimum atomic E-state index is 0.153. The highest BCUT2D eigenvalue weighted by molar-refractivity contribution is 14.1. The van der Waals surface area contributed by atoms with E-state index < -0.39 is 0 Å². The standard InChI is InChI=1S/C12H14ClIO/c13-11-4-2-1-3-10(11)12(7-14)15-8-9-5-6-9/h1-4,9,12H,5-8H2. The van der Waals surface area contributed by atoms with Crippen LogP contribution in [0.2, 0.25) is 5.02 Å². The number of halogens is 2. The third kappa shape index (κ3) is 3.33. The van der Waals surface area contributed by atoms with Gasteiger partial charge in [0.05, 0.1) is 12.7 Å². The minimum Gasteiger partial charge on any atom is -0.372 e. The molecule has 1 nitrogen and oxygen atoms in total. The second kappa shape index (κ2) is 5.51. The van der Waals surface area contributed by atoms with Crippen molar-refractivity contribution < 1.29 is 4.74 Å². The number of ether oxygens (including phenoxy) is 1. The zero-order valence-electron chi connectivity index (χ0n) is 8.46. The third-order valence-electron chi connectivity index (χ3n) is 2.62. The van der Waals surface area contributed by atoms with Gasteiger partial charge in [-0.1, -0.05) is 52.4 Å². The van der Waals surface area contributed by atoms with E-state index in [4.69, 9.17) is 16.3 Å². The summed E-state index contributed by atoms with van der Waals surface area (Å²) in [6, 6.07) is 7.95. The van der Waals surface area contributed by atoms with E-state index in [0.29, 0.717) is 0 Å². The lowest BCUT2D eigenvalue weighted by Crippen LogP contribution is -2.08. The van der Waals surface area contributed by atoms with Gasteiger partial charge in [0.2, 0.25) is 0 Å². The number of hydrogen-bond donors (Lipinski definition) is 0. The Hall–Kier alpha value is 0.200. The van der Waals surface area contributed by atoms with Gasteiger partial charge in [-0.25, -0.2) is 0 Å². The van der Waals surface area contributed by atoms with Crippen molar-refractivity contribution in [1.29, 1.82) is 0 Å². The molecule has 1 fully saturated rings. The second-order valence-electron chi connectivity index (χ2n) is 3.94. The molecule has 0 amide bonds. The monoisotopic (exact) mass is 336 g/mol. The van der Waals surface area contributed by atoms with Crippen molar-refractivity contribution in [2.75, 3.05) is 11.0 Å². The van der Waals surface area contributed by atoms with Gasteiger partial charge in [-0.3, -0.25) is 0 Å². The summed E-state index contributed by atoms with van der Waals surface area (Å²) in [4.78, 5) is 0. The summed E-state index contributed by atoms with van der Waals surface area (Å²) < 4.78 is 6.84. The summed E-state index contributed by atoms with van der Waals surface area (Å²) in [7, 11) is 0. The molecule has 0 spiro atoms. The fourth-order valence-corrected chi connectivity index (χ4v) is 2.48. The summed E-state index contributed by atoms with van der Waals surface area (Å²) in [5, 5.41) is 0.815. The van der Waals surface area contributed by atoms with Gasteiger partial charge in [-0.2, -0.15) is 0 Å². The number of alkyl halides is 1. The Morgan fingerprint density at radius 2 is 2.13 bits per heavy atom. The van der Waals surface area contributed by atoms with Crippen molar-refractivity contribution in [3.05, 3.63) is 34.9 Å². The quantitative estimate of drug-likeness (QED) is 0.577. The van der Waals surface area contributed by atoms with Gasteiger partial charge in [0, 0.05) is 15.0 Å². The summed E-state index contributed by atoms with van der Waals surface area (Å²) >= 11 is 8.50. The van der Waals surface area contributed by atoms with E-state index in [-0.39, 0.29) is 6.10 Å². The first-order valence-corrected chi connectivity index (χ1v) is 7.13. The predicted octanol–water partition coefficient (Wildman–Crippen LogP) is 4.24. The van der Waals surface area contributed by atoms with E-state index in [2.05, 4.69) is 28.7 Å². The van der Waals surface area contributed by atoms with Crippen LogP contribution in [0, 0.1) is 5.92 Å². The highest BCUT2D eigenvalue weighted by Gasteiger charge is 2.23. The van der Waals surface area contributed by atoms with Crippen LogP contribution >= 0.6 is 34.2 Å². The maximum atomic E-state index is 6.15. The van der Waals surface area contributed by atoms with E-state index >= 15 is 0 Å². The molecule has 1 aromatic rings. The SMILES string of the molecule is Clc1ccccc1C(CI)OCC1CC1. The van der Waals surface area contributed by atoms with Gasteiger partial charge in [-0.05, 0) is 24.8 Å². The van der Waals surface area contributed by atoms with E-state index in [1.165, 1.54) is 12.8 Å². The minimum absolute atomic E-state index is 0.153. The number of rotatable bonds is 5. The average Bonchev–Trinajstić information content (AvgIpc) is 3.05. The summed E-state index contributed by atoms with van der Waals surface area (Å²) in [6.07, 6.45) is 2.81. The molecule has 0 aliphatic heterocycles. The van der Waals surface area contributed by atoms with Crippen LogP contribution in [0.25, 0.3) is 0 Å². The van der Waals surface area contributed by atoms with Crippen LogP contribution in [-0.2, 0) is 4.74 Å². The van der Waals surface area contributed by atoms with Crippen molar-refractivity contribution >= 4 is 34.2 Å². The molecule has 2 rings (SSSR count). The molecule has 0 heterocycles. The molecule has 1 unspecified atom stereocenters. The lowest BCUT2D eigenvalue weighted by atomic mass is 10.1. The first kappa shape index (κ1) is 11.7. The molecule has 3 heteroatoms. The molecule has 1 aliphatic carbocycles. The van der Waals surface area contributed by atoms with Crippen molar-refractivity contribution in [3.63, 3.8) is 0 Å². The largest absolute Gasteiger partial charge is 0.372 e. The van der Waals surface area contributed by atoms with Crippen LogP contribution in [0.15, 0.2) is 24.3 Å². The Morgan fingerprint density at radius 3 is 2.73 bits per heavy atom. The highest BCUT2D eigenvalue weighted by atomic mass is 127. The molecule has 1 aliphatic rings. The van der Waals surface area contributed by atoms with Gasteiger partial charge in [0.1, 0.15) is 0 Å². The van der Waals surface area contributed by atoms with Crippen molar-refractivity contribution in [2.45, 2.75) is 18.9 Å². The van der Waals surface area contributed by atoms with Gasteiger partial charge in [-0.15, -0.1) is 0 Å². The van der Waals surface area contributed by atoms with Crippen LogP contribution in [0.1, 0.15) is 24.5 Å². The van der Waals surface area contributed by atoms with Gasteiger partial charge in [0.15, 0.2) is 0 Å². The van der Waals surface area contributed by atoms with Crippen LogP contribution in [0.4, 0.5) is 0 Å². The molecular weight excluding hydrogens is 322 g/mol. The zero-order valence-corrected chi connectivity index (χ0v) is 11.4. The Morgan fingerprint density at radius 1 is 1.40 bits per heavy atom. The molecule has 15 heavy (non-hydrogen) atoms. The molecule has 0 N–H and O–H groups in total. The Kier molecular flexibility index (Phi) is 4.29. The van der Waals surface area contributed by atoms with Crippen LogP contribution in [-0.4, -0.2) is 11.0 Å². The topological polar surface area (TPSA) is 9.23 Å². The molecule has 0 bridgehead atoms. The maximum absolute atomic E-state index is 6.15. The van der Waals surface area contributed by atoms with Crippen molar-refractivity contribution in [3.8, 4) is 0 Å². The van der Waals surface area contributed by atoms with Gasteiger partial charge < -0.3 is 4.74 Å². The highest BCUT2D eigenvalue weighted by Crippen LogP contribution is 2.33.